The van der Waals surface area contributed by atoms with Gasteiger partial charge < -0.3 is 31.2 Å². The third kappa shape index (κ3) is 4.95. The number of benzene rings is 2. The summed E-state index contributed by atoms with van der Waals surface area (Å²) in [6, 6.07) is 9.82. The van der Waals surface area contributed by atoms with Gasteiger partial charge in [-0.2, -0.15) is 0 Å². The molecule has 0 spiro atoms. The van der Waals surface area contributed by atoms with Gasteiger partial charge in [0.25, 0.3) is 0 Å². The topological polar surface area (TPSA) is 145 Å². The third-order valence-electron chi connectivity index (χ3n) is 3.60. The van der Waals surface area contributed by atoms with E-state index >= 15 is 0 Å². The second kappa shape index (κ2) is 8.84. The number of phenols is 2. The van der Waals surface area contributed by atoms with Gasteiger partial charge in [0, 0.05) is 5.56 Å². The maximum absolute atomic E-state index is 11.9. The first-order valence-electron chi connectivity index (χ1n) is 7.81. The molecule has 0 radical (unpaired) electrons. The van der Waals surface area contributed by atoms with E-state index in [0.29, 0.717) is 5.56 Å². The van der Waals surface area contributed by atoms with Crippen LogP contribution in [0.3, 0.4) is 0 Å². The molecule has 0 bridgehead atoms. The van der Waals surface area contributed by atoms with Crippen LogP contribution in [-0.4, -0.2) is 35.4 Å². The summed E-state index contributed by atoms with van der Waals surface area (Å²) in [6.45, 7) is -0.391. The van der Waals surface area contributed by atoms with E-state index in [1.807, 2.05) is 0 Å². The molecule has 2 aromatic rings. The van der Waals surface area contributed by atoms with Crippen molar-refractivity contribution in [3.05, 3.63) is 59.7 Å². The second-order valence-corrected chi connectivity index (χ2v) is 5.44. The fraction of sp³-hybridized carbons (Fsp3) is 0.222. The van der Waals surface area contributed by atoms with Crippen molar-refractivity contribution in [2.45, 2.75) is 12.1 Å². The number of phenolic OH excluding ortho intramolecular Hbond substituents is 2. The molecule has 0 aliphatic carbocycles. The Hall–Kier alpha value is -3.10. The van der Waals surface area contributed by atoms with Crippen LogP contribution in [0.25, 0.3) is 0 Å². The molecule has 8 nitrogen and oxygen atoms in total. The Balaban J connectivity index is 1.77. The molecule has 0 saturated heterocycles. The summed E-state index contributed by atoms with van der Waals surface area (Å²) in [5.74, 6) is -1.51. The van der Waals surface area contributed by atoms with Gasteiger partial charge in [-0.1, -0.05) is 30.3 Å². The van der Waals surface area contributed by atoms with Gasteiger partial charge in [0.2, 0.25) is 0 Å². The lowest BCUT2D eigenvalue weighted by atomic mass is 10.1. The number of hydrogen-bond donors (Lipinski definition) is 4. The largest absolute Gasteiger partial charge is 0.508 e. The predicted molar refractivity (Wildman–Crippen MR) is 92.0 cm³/mol. The number of para-hydroxylation sites is 1. The molecule has 8 heteroatoms. The third-order valence-corrected chi connectivity index (χ3v) is 3.60. The van der Waals surface area contributed by atoms with E-state index in [2.05, 4.69) is 0 Å². The molecule has 2 aromatic carbocycles. The van der Waals surface area contributed by atoms with Crippen LogP contribution in [0.5, 0.6) is 11.5 Å². The van der Waals surface area contributed by atoms with E-state index < -0.39 is 24.0 Å². The number of carbonyl (C=O) groups excluding carboxylic acids is 2. The molecular formula is C18H20N2O6. The van der Waals surface area contributed by atoms with E-state index in [0.717, 1.165) is 0 Å². The van der Waals surface area contributed by atoms with Crippen LogP contribution >= 0.6 is 0 Å². The van der Waals surface area contributed by atoms with Gasteiger partial charge in [-0.3, -0.25) is 0 Å². The van der Waals surface area contributed by atoms with Crippen molar-refractivity contribution in [2.24, 2.45) is 11.5 Å². The Kier molecular flexibility index (Phi) is 6.54. The fourth-order valence-corrected chi connectivity index (χ4v) is 2.16. The van der Waals surface area contributed by atoms with Crippen molar-refractivity contribution < 1.29 is 29.3 Å². The van der Waals surface area contributed by atoms with Gasteiger partial charge >= 0.3 is 11.9 Å². The Morgan fingerprint density at radius 2 is 1.38 bits per heavy atom. The van der Waals surface area contributed by atoms with Crippen molar-refractivity contribution in [2.75, 3.05) is 13.2 Å². The first-order valence-corrected chi connectivity index (χ1v) is 7.81. The van der Waals surface area contributed by atoms with Crippen LogP contribution in [0.15, 0.2) is 48.5 Å². The van der Waals surface area contributed by atoms with Crippen LogP contribution < -0.4 is 11.5 Å². The first-order chi connectivity index (χ1) is 12.4. The Labute approximate surface area is 149 Å². The minimum atomic E-state index is -1.15. The molecular weight excluding hydrogens is 340 g/mol. The Bertz CT molecular complexity index is 763. The molecule has 0 amide bonds. The SMILES string of the molecule is NC(C(=O)OCCOC(=O)C(N)c1ccccc1O)c1ccc(O)cc1. The maximum Gasteiger partial charge on any atom is 0.327 e. The summed E-state index contributed by atoms with van der Waals surface area (Å²) >= 11 is 0. The molecule has 2 rings (SSSR count). The molecule has 2 unspecified atom stereocenters. The predicted octanol–water partition coefficient (Wildman–Crippen LogP) is 0.884. The number of carbonyl (C=O) groups is 2. The summed E-state index contributed by atoms with van der Waals surface area (Å²) in [4.78, 5) is 23.7. The number of nitrogens with two attached hydrogens (primary N) is 2. The van der Waals surface area contributed by atoms with E-state index in [1.54, 1.807) is 12.1 Å². The summed E-state index contributed by atoms with van der Waals surface area (Å²) < 4.78 is 9.89. The quantitative estimate of drug-likeness (QED) is 0.421. The van der Waals surface area contributed by atoms with Crippen molar-refractivity contribution in [1.29, 1.82) is 0 Å². The maximum atomic E-state index is 11.9. The molecule has 0 fully saturated rings. The zero-order valence-electron chi connectivity index (χ0n) is 13.9. The Morgan fingerprint density at radius 1 is 0.846 bits per heavy atom. The number of esters is 2. The van der Waals surface area contributed by atoms with E-state index in [4.69, 9.17) is 20.9 Å². The normalized spacial score (nSPS) is 12.8. The van der Waals surface area contributed by atoms with Gasteiger partial charge in [0.1, 0.15) is 36.8 Å². The highest BCUT2D eigenvalue weighted by molar-refractivity contribution is 5.78. The Morgan fingerprint density at radius 3 is 1.96 bits per heavy atom. The lowest BCUT2D eigenvalue weighted by Crippen LogP contribution is -2.27. The van der Waals surface area contributed by atoms with E-state index in [9.17, 15) is 19.8 Å². The zero-order valence-corrected chi connectivity index (χ0v) is 13.9. The summed E-state index contributed by atoms with van der Waals surface area (Å²) in [5, 5.41) is 18.9. The number of hydrogen-bond acceptors (Lipinski definition) is 8. The average molecular weight is 360 g/mol. The van der Waals surface area contributed by atoms with Crippen LogP contribution in [0, 0.1) is 0 Å². The fourth-order valence-electron chi connectivity index (χ4n) is 2.16. The molecule has 0 heterocycles. The highest BCUT2D eigenvalue weighted by atomic mass is 16.6. The number of aromatic hydroxyl groups is 2. The van der Waals surface area contributed by atoms with Crippen LogP contribution in [-0.2, 0) is 19.1 Å². The minimum absolute atomic E-state index is 0.0574. The molecule has 2 atom stereocenters. The van der Waals surface area contributed by atoms with Crippen LogP contribution in [0.4, 0.5) is 0 Å². The van der Waals surface area contributed by atoms with Gasteiger partial charge in [0.15, 0.2) is 0 Å². The van der Waals surface area contributed by atoms with Gasteiger partial charge in [-0.25, -0.2) is 9.59 Å². The molecule has 0 aromatic heterocycles. The van der Waals surface area contributed by atoms with Crippen LogP contribution in [0.2, 0.25) is 0 Å². The first kappa shape index (κ1) is 19.2. The van der Waals surface area contributed by atoms with Gasteiger partial charge in [-0.05, 0) is 23.8 Å². The lowest BCUT2D eigenvalue weighted by Gasteiger charge is -2.14. The van der Waals surface area contributed by atoms with Crippen molar-refractivity contribution >= 4 is 11.9 Å². The van der Waals surface area contributed by atoms with Crippen molar-refractivity contribution in [3.8, 4) is 11.5 Å². The highest BCUT2D eigenvalue weighted by Crippen LogP contribution is 2.22. The summed E-state index contributed by atoms with van der Waals surface area (Å²) in [7, 11) is 0. The second-order valence-electron chi connectivity index (χ2n) is 5.44. The monoisotopic (exact) mass is 360 g/mol. The molecule has 6 N–H and O–H groups in total. The van der Waals surface area contributed by atoms with Crippen molar-refractivity contribution in [3.63, 3.8) is 0 Å². The summed E-state index contributed by atoms with van der Waals surface area (Å²) in [5.41, 5.74) is 12.2. The molecule has 0 aliphatic rings. The van der Waals surface area contributed by atoms with E-state index in [1.165, 1.54) is 36.4 Å². The minimum Gasteiger partial charge on any atom is -0.508 e. The van der Waals surface area contributed by atoms with Gasteiger partial charge in [0.05, 0.1) is 0 Å². The molecule has 0 saturated carbocycles. The lowest BCUT2D eigenvalue weighted by molar-refractivity contribution is -0.154. The van der Waals surface area contributed by atoms with E-state index in [-0.39, 0.29) is 30.3 Å². The molecule has 138 valence electrons. The van der Waals surface area contributed by atoms with Gasteiger partial charge in [-0.15, -0.1) is 0 Å². The highest BCUT2D eigenvalue weighted by Gasteiger charge is 2.21. The smallest absolute Gasteiger partial charge is 0.327 e. The number of rotatable bonds is 7. The average Bonchev–Trinajstić information content (AvgIpc) is 2.64. The standard InChI is InChI=1S/C18H20N2O6/c19-15(11-5-7-12(21)8-6-11)17(23)25-9-10-26-18(24)16(20)13-3-1-2-4-14(13)22/h1-8,15-16,21-22H,9-10,19-20H2. The molecule has 26 heavy (non-hydrogen) atoms. The molecule has 0 aliphatic heterocycles. The van der Waals surface area contributed by atoms with Crippen LogP contribution in [0.1, 0.15) is 23.2 Å². The number of ether oxygens (including phenoxy) is 2. The van der Waals surface area contributed by atoms with Crippen molar-refractivity contribution in [1.82, 2.24) is 0 Å². The summed E-state index contributed by atoms with van der Waals surface area (Å²) in [6.07, 6.45) is 0. The zero-order chi connectivity index (χ0) is 19.1.